The van der Waals surface area contributed by atoms with Gasteiger partial charge in [-0.3, -0.25) is 9.67 Å². The van der Waals surface area contributed by atoms with Crippen LogP contribution in [0.2, 0.25) is 0 Å². The lowest BCUT2D eigenvalue weighted by Gasteiger charge is -2.26. The molecule has 0 bridgehead atoms. The van der Waals surface area contributed by atoms with E-state index in [1.807, 2.05) is 25.4 Å². The summed E-state index contributed by atoms with van der Waals surface area (Å²) in [6, 6.07) is 3.86. The van der Waals surface area contributed by atoms with Crippen LogP contribution in [-0.2, 0) is 11.8 Å². The van der Waals surface area contributed by atoms with E-state index in [1.165, 1.54) is 12.8 Å². The van der Waals surface area contributed by atoms with Gasteiger partial charge in [0.2, 0.25) is 0 Å². The highest BCUT2D eigenvalue weighted by Gasteiger charge is 2.18. The SMILES string of the molecule is CN(CC[C@@H]1CCCCO1)c1nc(-c2ccncc2)nc2c1cnn2C. The first-order chi connectivity index (χ1) is 12.7. The van der Waals surface area contributed by atoms with Crippen LogP contribution >= 0.6 is 0 Å². The summed E-state index contributed by atoms with van der Waals surface area (Å²) in [5.41, 5.74) is 1.79. The van der Waals surface area contributed by atoms with Gasteiger partial charge in [0.15, 0.2) is 11.5 Å². The molecule has 7 nitrogen and oxygen atoms in total. The Hall–Kier alpha value is -2.54. The molecule has 0 amide bonds. The van der Waals surface area contributed by atoms with Gasteiger partial charge in [-0.05, 0) is 37.8 Å². The number of aryl methyl sites for hydroxylation is 1. The summed E-state index contributed by atoms with van der Waals surface area (Å²) in [5.74, 6) is 1.60. The molecule has 4 heterocycles. The van der Waals surface area contributed by atoms with Crippen LogP contribution in [0.3, 0.4) is 0 Å². The van der Waals surface area contributed by atoms with E-state index in [-0.39, 0.29) is 0 Å². The molecule has 1 aliphatic rings. The lowest BCUT2D eigenvalue weighted by Crippen LogP contribution is -2.27. The van der Waals surface area contributed by atoms with Crippen LogP contribution in [0.15, 0.2) is 30.7 Å². The van der Waals surface area contributed by atoms with E-state index in [0.29, 0.717) is 11.9 Å². The van der Waals surface area contributed by atoms with Crippen molar-refractivity contribution in [1.29, 1.82) is 0 Å². The Bertz CT molecular complexity index is 872. The predicted molar refractivity (Wildman–Crippen MR) is 101 cm³/mol. The number of rotatable bonds is 5. The average Bonchev–Trinajstić information content (AvgIpc) is 3.08. The lowest BCUT2D eigenvalue weighted by atomic mass is 10.1. The Balaban J connectivity index is 1.64. The Morgan fingerprint density at radius 2 is 2.08 bits per heavy atom. The first kappa shape index (κ1) is 16.9. The van der Waals surface area contributed by atoms with Crippen LogP contribution in [0.1, 0.15) is 25.7 Å². The molecular weight excluding hydrogens is 328 g/mol. The third kappa shape index (κ3) is 3.39. The molecule has 1 fully saturated rings. The van der Waals surface area contributed by atoms with Crippen LogP contribution < -0.4 is 4.90 Å². The molecule has 0 saturated carbocycles. The van der Waals surface area contributed by atoms with Gasteiger partial charge >= 0.3 is 0 Å². The maximum atomic E-state index is 5.87. The lowest BCUT2D eigenvalue weighted by molar-refractivity contribution is 0.0127. The van der Waals surface area contributed by atoms with Crippen molar-refractivity contribution in [3.05, 3.63) is 30.7 Å². The molecular formula is C19H24N6O. The number of nitrogens with zero attached hydrogens (tertiary/aromatic N) is 6. The second-order valence-electron chi connectivity index (χ2n) is 6.81. The summed E-state index contributed by atoms with van der Waals surface area (Å²) in [6.45, 7) is 1.78. The summed E-state index contributed by atoms with van der Waals surface area (Å²) >= 11 is 0. The average molecular weight is 352 g/mol. The van der Waals surface area contributed by atoms with Crippen LogP contribution in [0.5, 0.6) is 0 Å². The van der Waals surface area contributed by atoms with E-state index in [9.17, 15) is 0 Å². The number of anilines is 1. The van der Waals surface area contributed by atoms with Crippen LogP contribution in [-0.4, -0.2) is 51.0 Å². The number of pyridine rings is 1. The van der Waals surface area contributed by atoms with Gasteiger partial charge in [0, 0.05) is 45.2 Å². The molecule has 1 aliphatic heterocycles. The van der Waals surface area contributed by atoms with Crippen molar-refractivity contribution < 1.29 is 4.74 Å². The molecule has 0 spiro atoms. The second kappa shape index (κ2) is 7.37. The van der Waals surface area contributed by atoms with Gasteiger partial charge in [-0.2, -0.15) is 5.10 Å². The third-order valence-corrected chi connectivity index (χ3v) is 4.93. The molecule has 26 heavy (non-hydrogen) atoms. The highest BCUT2D eigenvalue weighted by Crippen LogP contribution is 2.27. The molecule has 0 N–H and O–H groups in total. The molecule has 0 unspecified atom stereocenters. The summed E-state index contributed by atoms with van der Waals surface area (Å²) in [6.07, 6.45) is 10.3. The van der Waals surface area contributed by atoms with Crippen LogP contribution in [0.25, 0.3) is 22.4 Å². The van der Waals surface area contributed by atoms with Gasteiger partial charge < -0.3 is 9.64 Å². The first-order valence-corrected chi connectivity index (χ1v) is 9.15. The van der Waals surface area contributed by atoms with Crippen LogP contribution in [0.4, 0.5) is 5.82 Å². The first-order valence-electron chi connectivity index (χ1n) is 9.15. The fraction of sp³-hybridized carbons (Fsp3) is 0.474. The fourth-order valence-electron chi connectivity index (χ4n) is 3.41. The number of fused-ring (bicyclic) bond motifs is 1. The second-order valence-corrected chi connectivity index (χ2v) is 6.81. The van der Waals surface area contributed by atoms with Gasteiger partial charge in [0.1, 0.15) is 5.82 Å². The normalized spacial score (nSPS) is 17.5. The fourth-order valence-corrected chi connectivity index (χ4v) is 3.41. The highest BCUT2D eigenvalue weighted by molar-refractivity contribution is 5.88. The largest absolute Gasteiger partial charge is 0.378 e. The summed E-state index contributed by atoms with van der Waals surface area (Å²) in [5, 5.41) is 5.34. The van der Waals surface area contributed by atoms with E-state index in [2.05, 4.69) is 22.0 Å². The van der Waals surface area contributed by atoms with Crippen molar-refractivity contribution >= 4 is 16.9 Å². The van der Waals surface area contributed by atoms with Gasteiger partial charge in [-0.25, -0.2) is 9.97 Å². The van der Waals surface area contributed by atoms with Crippen molar-refractivity contribution in [2.45, 2.75) is 31.8 Å². The maximum absolute atomic E-state index is 5.87. The molecule has 7 heteroatoms. The number of hydrogen-bond donors (Lipinski definition) is 0. The zero-order valence-electron chi connectivity index (χ0n) is 15.3. The molecule has 3 aromatic rings. The summed E-state index contributed by atoms with van der Waals surface area (Å²) < 4.78 is 7.66. The minimum atomic E-state index is 0.358. The predicted octanol–water partition coefficient (Wildman–Crippen LogP) is 2.82. The van der Waals surface area contributed by atoms with Gasteiger partial charge in [-0.15, -0.1) is 0 Å². The Labute approximate surface area is 153 Å². The van der Waals surface area contributed by atoms with Gasteiger partial charge in [0.25, 0.3) is 0 Å². The smallest absolute Gasteiger partial charge is 0.164 e. The van der Waals surface area contributed by atoms with Crippen molar-refractivity contribution in [2.24, 2.45) is 7.05 Å². The molecule has 1 saturated heterocycles. The van der Waals surface area contributed by atoms with Crippen LogP contribution in [0, 0.1) is 0 Å². The van der Waals surface area contributed by atoms with Crippen molar-refractivity contribution in [3.8, 4) is 11.4 Å². The number of hydrogen-bond acceptors (Lipinski definition) is 6. The zero-order valence-corrected chi connectivity index (χ0v) is 15.3. The standard InChI is InChI=1S/C19H24N6O/c1-24(11-8-15-5-3-4-12-26-15)18-16-13-21-25(2)19(16)23-17(22-18)14-6-9-20-10-7-14/h6-7,9-10,13,15H,3-5,8,11-12H2,1-2H3/t15-/m0/s1. The molecule has 0 aliphatic carbocycles. The molecule has 4 rings (SSSR count). The monoisotopic (exact) mass is 352 g/mol. The van der Waals surface area contributed by atoms with Crippen molar-refractivity contribution in [3.63, 3.8) is 0 Å². The topological polar surface area (TPSA) is 69.0 Å². The van der Waals surface area contributed by atoms with Crippen molar-refractivity contribution in [2.75, 3.05) is 25.1 Å². The van der Waals surface area contributed by atoms with E-state index in [4.69, 9.17) is 14.7 Å². The molecule has 136 valence electrons. The van der Waals surface area contributed by atoms with E-state index >= 15 is 0 Å². The molecule has 3 aromatic heterocycles. The molecule has 0 aromatic carbocycles. The minimum absolute atomic E-state index is 0.358. The molecule has 1 atom stereocenters. The van der Waals surface area contributed by atoms with Crippen molar-refractivity contribution in [1.82, 2.24) is 24.7 Å². The zero-order chi connectivity index (χ0) is 17.9. The van der Waals surface area contributed by atoms with E-state index in [0.717, 1.165) is 48.4 Å². The highest BCUT2D eigenvalue weighted by atomic mass is 16.5. The quantitative estimate of drug-likeness (QED) is 0.703. The van der Waals surface area contributed by atoms with E-state index in [1.54, 1.807) is 17.1 Å². The Morgan fingerprint density at radius 3 is 2.85 bits per heavy atom. The summed E-state index contributed by atoms with van der Waals surface area (Å²) in [7, 11) is 3.99. The Morgan fingerprint density at radius 1 is 1.23 bits per heavy atom. The Kier molecular flexibility index (Phi) is 4.79. The number of ether oxygens (including phenoxy) is 1. The minimum Gasteiger partial charge on any atom is -0.378 e. The summed E-state index contributed by atoms with van der Waals surface area (Å²) in [4.78, 5) is 15.8. The molecule has 0 radical (unpaired) electrons. The maximum Gasteiger partial charge on any atom is 0.164 e. The van der Waals surface area contributed by atoms with E-state index < -0.39 is 0 Å². The van der Waals surface area contributed by atoms with Gasteiger partial charge in [-0.1, -0.05) is 0 Å². The third-order valence-electron chi connectivity index (χ3n) is 4.93. The van der Waals surface area contributed by atoms with Gasteiger partial charge in [0.05, 0.1) is 17.7 Å². The number of aromatic nitrogens is 5.